The van der Waals surface area contributed by atoms with E-state index in [2.05, 4.69) is 5.92 Å². The topological polar surface area (TPSA) is 37.3 Å². The van der Waals surface area contributed by atoms with Crippen molar-refractivity contribution >= 4 is 11.1 Å². The van der Waals surface area contributed by atoms with E-state index >= 15 is 0 Å². The summed E-state index contributed by atoms with van der Waals surface area (Å²) in [5, 5.41) is -0.241. The Bertz CT molecular complexity index is 136. The van der Waals surface area contributed by atoms with Gasteiger partial charge in [0, 0.05) is 6.42 Å². The summed E-state index contributed by atoms with van der Waals surface area (Å²) in [6, 6.07) is 0. The zero-order valence-electron chi connectivity index (χ0n) is 5.33. The standard InChI is InChI=1S/C6H10O2S/c1-3-5-6(4-2)9(7)8/h1,6H,4-5H2,2H3,(H,7,8). The van der Waals surface area contributed by atoms with Gasteiger partial charge >= 0.3 is 0 Å². The average molecular weight is 146 g/mol. The third-order valence-electron chi connectivity index (χ3n) is 1.09. The van der Waals surface area contributed by atoms with Crippen molar-refractivity contribution in [2.75, 3.05) is 0 Å². The minimum absolute atomic E-state index is 0.241. The molecule has 2 nitrogen and oxygen atoms in total. The fourth-order valence-corrected chi connectivity index (χ4v) is 1.01. The highest BCUT2D eigenvalue weighted by molar-refractivity contribution is 7.79. The van der Waals surface area contributed by atoms with E-state index in [1.165, 1.54) is 0 Å². The van der Waals surface area contributed by atoms with E-state index < -0.39 is 11.1 Å². The van der Waals surface area contributed by atoms with E-state index in [0.29, 0.717) is 12.8 Å². The molecule has 2 atom stereocenters. The number of hydrogen-bond acceptors (Lipinski definition) is 1. The summed E-state index contributed by atoms with van der Waals surface area (Å²) in [6.45, 7) is 1.84. The number of rotatable bonds is 3. The molecule has 0 aliphatic rings. The van der Waals surface area contributed by atoms with E-state index in [1.807, 2.05) is 6.92 Å². The molecule has 0 aromatic heterocycles. The van der Waals surface area contributed by atoms with Gasteiger partial charge in [0.05, 0.1) is 5.25 Å². The Morgan fingerprint density at radius 2 is 2.44 bits per heavy atom. The molecule has 0 saturated heterocycles. The Labute approximate surface area is 57.9 Å². The molecule has 0 heterocycles. The maximum absolute atomic E-state index is 10.3. The first-order valence-corrected chi connectivity index (χ1v) is 3.92. The van der Waals surface area contributed by atoms with Crippen molar-refractivity contribution < 1.29 is 8.76 Å². The van der Waals surface area contributed by atoms with Crippen LogP contribution in [-0.4, -0.2) is 14.0 Å². The maximum atomic E-state index is 10.3. The molecule has 52 valence electrons. The van der Waals surface area contributed by atoms with E-state index in [1.54, 1.807) is 0 Å². The van der Waals surface area contributed by atoms with Crippen molar-refractivity contribution in [2.45, 2.75) is 25.0 Å². The SMILES string of the molecule is C#CCC(CC)S(=O)O. The van der Waals surface area contributed by atoms with Gasteiger partial charge in [-0.15, -0.1) is 12.3 Å². The molecule has 9 heavy (non-hydrogen) atoms. The number of hydrogen-bond donors (Lipinski definition) is 1. The van der Waals surface area contributed by atoms with E-state index in [4.69, 9.17) is 11.0 Å². The lowest BCUT2D eigenvalue weighted by Crippen LogP contribution is -2.11. The van der Waals surface area contributed by atoms with Crippen LogP contribution in [-0.2, 0) is 11.1 Å². The van der Waals surface area contributed by atoms with Gasteiger partial charge in [-0.2, -0.15) is 0 Å². The summed E-state index contributed by atoms with van der Waals surface area (Å²) in [4.78, 5) is 0. The summed E-state index contributed by atoms with van der Waals surface area (Å²) in [6.07, 6.45) is 6.00. The second-order valence-electron chi connectivity index (χ2n) is 1.71. The summed E-state index contributed by atoms with van der Waals surface area (Å²) < 4.78 is 18.9. The van der Waals surface area contributed by atoms with Gasteiger partial charge in [-0.25, -0.2) is 4.21 Å². The molecule has 0 radical (unpaired) electrons. The minimum Gasteiger partial charge on any atom is -0.306 e. The first-order valence-electron chi connectivity index (χ1n) is 2.75. The molecule has 0 aromatic rings. The van der Waals surface area contributed by atoms with Crippen LogP contribution in [0.25, 0.3) is 0 Å². The zero-order chi connectivity index (χ0) is 7.28. The van der Waals surface area contributed by atoms with Gasteiger partial charge in [0.15, 0.2) is 11.1 Å². The highest BCUT2D eigenvalue weighted by Gasteiger charge is 2.09. The summed E-state index contributed by atoms with van der Waals surface area (Å²) in [5.74, 6) is 2.35. The third-order valence-corrected chi connectivity index (χ3v) is 2.16. The van der Waals surface area contributed by atoms with E-state index in [-0.39, 0.29) is 5.25 Å². The van der Waals surface area contributed by atoms with Crippen LogP contribution in [0.2, 0.25) is 0 Å². The summed E-state index contributed by atoms with van der Waals surface area (Å²) in [5.41, 5.74) is 0. The lowest BCUT2D eigenvalue weighted by molar-refractivity contribution is 0.544. The average Bonchev–Trinajstić information content (AvgIpc) is 1.82. The predicted octanol–water partition coefficient (Wildman–Crippen LogP) is 1.01. The molecule has 3 heteroatoms. The monoisotopic (exact) mass is 146 g/mol. The molecule has 0 rings (SSSR count). The van der Waals surface area contributed by atoms with Crippen LogP contribution in [0.15, 0.2) is 0 Å². The third kappa shape index (κ3) is 3.28. The molecule has 0 amide bonds. The van der Waals surface area contributed by atoms with Crippen LogP contribution < -0.4 is 0 Å². The Morgan fingerprint density at radius 3 is 2.56 bits per heavy atom. The molecule has 1 N–H and O–H groups in total. The fourth-order valence-electron chi connectivity index (χ4n) is 0.490. The molecular formula is C6H10O2S. The van der Waals surface area contributed by atoms with Gasteiger partial charge in [-0.05, 0) is 6.42 Å². The van der Waals surface area contributed by atoms with Gasteiger partial charge in [-0.3, -0.25) is 0 Å². The highest BCUT2D eigenvalue weighted by Crippen LogP contribution is 2.02. The molecule has 0 spiro atoms. The predicted molar refractivity (Wildman–Crippen MR) is 38.3 cm³/mol. The molecule has 0 saturated carbocycles. The molecule has 0 aliphatic carbocycles. The highest BCUT2D eigenvalue weighted by atomic mass is 32.2. The molecule has 0 aliphatic heterocycles. The Kier molecular flexibility index (Phi) is 4.37. The smallest absolute Gasteiger partial charge is 0.156 e. The molecule has 2 unspecified atom stereocenters. The summed E-state index contributed by atoms with van der Waals surface area (Å²) in [7, 11) is 0. The van der Waals surface area contributed by atoms with Gasteiger partial charge in [0.2, 0.25) is 0 Å². The van der Waals surface area contributed by atoms with Crippen LogP contribution in [0.1, 0.15) is 19.8 Å². The van der Waals surface area contributed by atoms with E-state index in [0.717, 1.165) is 0 Å². The second kappa shape index (κ2) is 4.54. The fraction of sp³-hybridized carbons (Fsp3) is 0.667. The lowest BCUT2D eigenvalue weighted by Gasteiger charge is -2.03. The molecule has 0 fully saturated rings. The van der Waals surface area contributed by atoms with Gasteiger partial charge < -0.3 is 4.55 Å². The van der Waals surface area contributed by atoms with Crippen LogP contribution in [0.5, 0.6) is 0 Å². The Hall–Kier alpha value is -0.330. The quantitative estimate of drug-likeness (QED) is 0.476. The maximum Gasteiger partial charge on any atom is 0.156 e. The van der Waals surface area contributed by atoms with Gasteiger partial charge in [0.25, 0.3) is 0 Å². The molecule has 0 aromatic carbocycles. The summed E-state index contributed by atoms with van der Waals surface area (Å²) >= 11 is -1.75. The van der Waals surface area contributed by atoms with Crippen LogP contribution in [0.3, 0.4) is 0 Å². The second-order valence-corrected chi connectivity index (χ2v) is 2.93. The van der Waals surface area contributed by atoms with Crippen LogP contribution in [0, 0.1) is 12.3 Å². The van der Waals surface area contributed by atoms with Crippen molar-refractivity contribution in [3.05, 3.63) is 0 Å². The van der Waals surface area contributed by atoms with Crippen molar-refractivity contribution in [3.63, 3.8) is 0 Å². The van der Waals surface area contributed by atoms with Crippen LogP contribution in [0.4, 0.5) is 0 Å². The van der Waals surface area contributed by atoms with Crippen molar-refractivity contribution in [1.82, 2.24) is 0 Å². The normalized spacial score (nSPS) is 16.1. The van der Waals surface area contributed by atoms with Crippen molar-refractivity contribution in [2.24, 2.45) is 0 Å². The Balaban J connectivity index is 3.71. The first kappa shape index (κ1) is 8.67. The van der Waals surface area contributed by atoms with Gasteiger partial charge in [-0.1, -0.05) is 6.92 Å². The zero-order valence-corrected chi connectivity index (χ0v) is 6.15. The van der Waals surface area contributed by atoms with E-state index in [9.17, 15) is 4.21 Å². The van der Waals surface area contributed by atoms with Crippen molar-refractivity contribution in [3.8, 4) is 12.3 Å². The molecule has 0 bridgehead atoms. The number of terminal acetylenes is 1. The first-order chi connectivity index (χ1) is 4.22. The Morgan fingerprint density at radius 1 is 1.89 bits per heavy atom. The van der Waals surface area contributed by atoms with Crippen molar-refractivity contribution in [1.29, 1.82) is 0 Å². The minimum atomic E-state index is -1.75. The lowest BCUT2D eigenvalue weighted by atomic mass is 10.2. The molecular weight excluding hydrogens is 136 g/mol. The largest absolute Gasteiger partial charge is 0.306 e. The van der Waals surface area contributed by atoms with Gasteiger partial charge in [0.1, 0.15) is 0 Å². The van der Waals surface area contributed by atoms with Crippen LogP contribution >= 0.6 is 0 Å².